The van der Waals surface area contributed by atoms with E-state index in [0.717, 1.165) is 17.0 Å². The van der Waals surface area contributed by atoms with Gasteiger partial charge in [0.05, 0.1) is 16.8 Å². The molecular formula is C17H20N2OS. The first-order valence-corrected chi connectivity index (χ1v) is 8.09. The van der Waals surface area contributed by atoms with Gasteiger partial charge in [0.1, 0.15) is 0 Å². The second-order valence-electron chi connectivity index (χ2n) is 4.84. The largest absolute Gasteiger partial charge is 0.349 e. The van der Waals surface area contributed by atoms with E-state index < -0.39 is 0 Å². The van der Waals surface area contributed by atoms with E-state index in [-0.39, 0.29) is 11.9 Å². The molecule has 0 aliphatic heterocycles. The molecule has 0 aliphatic carbocycles. The molecule has 2 aromatic rings. The molecule has 0 fully saturated rings. The molecule has 110 valence electrons. The topological polar surface area (TPSA) is 42.0 Å². The summed E-state index contributed by atoms with van der Waals surface area (Å²) in [6, 6.07) is 14.1. The Morgan fingerprint density at radius 1 is 1.24 bits per heavy atom. The van der Waals surface area contributed by atoms with Crippen LogP contribution in [0.4, 0.5) is 0 Å². The van der Waals surface area contributed by atoms with E-state index in [1.165, 1.54) is 17.3 Å². The summed E-state index contributed by atoms with van der Waals surface area (Å²) in [5, 5.41) is 3.88. The first-order chi connectivity index (χ1) is 10.2. The van der Waals surface area contributed by atoms with Crippen molar-refractivity contribution >= 4 is 17.7 Å². The summed E-state index contributed by atoms with van der Waals surface area (Å²) in [7, 11) is 0. The maximum atomic E-state index is 12.0. The Kier molecular flexibility index (Phi) is 5.81. The fraction of sp³-hybridized carbons (Fsp3) is 0.294. The van der Waals surface area contributed by atoms with Crippen molar-refractivity contribution in [2.24, 2.45) is 0 Å². The van der Waals surface area contributed by atoms with Gasteiger partial charge in [0.2, 0.25) is 5.91 Å². The number of rotatable bonds is 6. The van der Waals surface area contributed by atoms with Gasteiger partial charge in [-0.2, -0.15) is 0 Å². The number of hydrogen-bond donors (Lipinski definition) is 1. The average Bonchev–Trinajstić information content (AvgIpc) is 2.54. The minimum absolute atomic E-state index is 0.0211. The van der Waals surface area contributed by atoms with E-state index in [2.05, 4.69) is 41.5 Å². The maximum Gasteiger partial charge on any atom is 0.230 e. The summed E-state index contributed by atoms with van der Waals surface area (Å²) in [6.45, 7) is 4.14. The molecule has 0 saturated carbocycles. The number of hydrogen-bond acceptors (Lipinski definition) is 3. The van der Waals surface area contributed by atoms with Gasteiger partial charge < -0.3 is 5.32 Å². The van der Waals surface area contributed by atoms with E-state index in [4.69, 9.17) is 0 Å². The van der Waals surface area contributed by atoms with E-state index in [1.807, 2.05) is 25.1 Å². The number of amides is 1. The fourth-order valence-corrected chi connectivity index (χ4v) is 2.65. The summed E-state index contributed by atoms with van der Waals surface area (Å²) >= 11 is 1.45. The lowest BCUT2D eigenvalue weighted by Gasteiger charge is -2.14. The predicted octanol–water partition coefficient (Wildman–Crippen LogP) is 3.61. The molecule has 3 nitrogen and oxygen atoms in total. The number of carbonyl (C=O) groups is 1. The summed E-state index contributed by atoms with van der Waals surface area (Å²) < 4.78 is 0. The van der Waals surface area contributed by atoms with Gasteiger partial charge in [0.15, 0.2) is 0 Å². The second-order valence-corrected chi connectivity index (χ2v) is 5.84. The second kappa shape index (κ2) is 7.84. The highest BCUT2D eigenvalue weighted by atomic mass is 32.2. The molecule has 2 rings (SSSR count). The number of benzene rings is 1. The number of nitrogens with one attached hydrogen (secondary N) is 1. The lowest BCUT2D eigenvalue weighted by molar-refractivity contribution is -0.119. The monoisotopic (exact) mass is 300 g/mol. The Morgan fingerprint density at radius 2 is 2.00 bits per heavy atom. The van der Waals surface area contributed by atoms with Crippen LogP contribution in [0.2, 0.25) is 0 Å². The van der Waals surface area contributed by atoms with Crippen molar-refractivity contribution in [1.29, 1.82) is 0 Å². The van der Waals surface area contributed by atoms with Gasteiger partial charge in [-0.05, 0) is 36.6 Å². The van der Waals surface area contributed by atoms with E-state index in [1.54, 1.807) is 6.20 Å². The molecule has 0 bridgehead atoms. The van der Waals surface area contributed by atoms with Crippen LogP contribution < -0.4 is 5.32 Å². The first kappa shape index (κ1) is 15.6. The van der Waals surface area contributed by atoms with Gasteiger partial charge in [-0.15, -0.1) is 0 Å². The van der Waals surface area contributed by atoms with Crippen molar-refractivity contribution in [2.75, 3.05) is 5.75 Å². The SMILES string of the molecule is CCc1ccc([C@@H](C)NC(=O)CSc2ccccn2)cc1. The highest BCUT2D eigenvalue weighted by Crippen LogP contribution is 2.16. The molecule has 21 heavy (non-hydrogen) atoms. The third kappa shape index (κ3) is 4.90. The Morgan fingerprint density at radius 3 is 2.62 bits per heavy atom. The minimum Gasteiger partial charge on any atom is -0.349 e. The number of thioether (sulfide) groups is 1. The van der Waals surface area contributed by atoms with E-state index >= 15 is 0 Å². The maximum absolute atomic E-state index is 12.0. The molecule has 0 aliphatic rings. The molecule has 0 radical (unpaired) electrons. The van der Waals surface area contributed by atoms with Crippen LogP contribution in [0, 0.1) is 0 Å². The van der Waals surface area contributed by atoms with Crippen molar-refractivity contribution < 1.29 is 4.79 Å². The van der Waals surface area contributed by atoms with Crippen LogP contribution in [-0.2, 0) is 11.2 Å². The highest BCUT2D eigenvalue weighted by molar-refractivity contribution is 7.99. The van der Waals surface area contributed by atoms with Crippen LogP contribution in [0.15, 0.2) is 53.7 Å². The summed E-state index contributed by atoms with van der Waals surface area (Å²) in [4.78, 5) is 16.2. The van der Waals surface area contributed by atoms with Crippen LogP contribution >= 0.6 is 11.8 Å². The van der Waals surface area contributed by atoms with Gasteiger partial charge in [-0.3, -0.25) is 4.79 Å². The van der Waals surface area contributed by atoms with Gasteiger partial charge in [0.25, 0.3) is 0 Å². The summed E-state index contributed by atoms with van der Waals surface area (Å²) in [5.74, 6) is 0.409. The van der Waals surface area contributed by atoms with E-state index in [0.29, 0.717) is 5.75 Å². The zero-order valence-corrected chi connectivity index (χ0v) is 13.2. The number of pyridine rings is 1. The van der Waals surface area contributed by atoms with Crippen LogP contribution in [0.3, 0.4) is 0 Å². The lowest BCUT2D eigenvalue weighted by atomic mass is 10.1. The molecule has 0 spiro atoms. The van der Waals surface area contributed by atoms with Crippen molar-refractivity contribution in [2.45, 2.75) is 31.3 Å². The third-order valence-corrected chi connectivity index (χ3v) is 4.20. The lowest BCUT2D eigenvalue weighted by Crippen LogP contribution is -2.28. The van der Waals surface area contributed by atoms with Gasteiger partial charge >= 0.3 is 0 Å². The molecule has 4 heteroatoms. The number of aryl methyl sites for hydroxylation is 1. The van der Waals surface area contributed by atoms with Crippen LogP contribution in [0.5, 0.6) is 0 Å². The quantitative estimate of drug-likeness (QED) is 0.829. The zero-order valence-electron chi connectivity index (χ0n) is 12.4. The van der Waals surface area contributed by atoms with Gasteiger partial charge in [0, 0.05) is 6.20 Å². The van der Waals surface area contributed by atoms with Crippen molar-refractivity contribution in [3.05, 3.63) is 59.8 Å². The number of carbonyl (C=O) groups excluding carboxylic acids is 1. The molecule has 0 saturated heterocycles. The van der Waals surface area contributed by atoms with Crippen molar-refractivity contribution in [1.82, 2.24) is 10.3 Å². The molecule has 1 aromatic heterocycles. The van der Waals surface area contributed by atoms with Gasteiger partial charge in [-0.25, -0.2) is 4.98 Å². The van der Waals surface area contributed by atoms with Crippen LogP contribution in [-0.4, -0.2) is 16.6 Å². The zero-order chi connectivity index (χ0) is 15.1. The molecule has 1 atom stereocenters. The van der Waals surface area contributed by atoms with Crippen LogP contribution in [0.1, 0.15) is 31.0 Å². The molecule has 1 N–H and O–H groups in total. The van der Waals surface area contributed by atoms with Crippen molar-refractivity contribution in [3.63, 3.8) is 0 Å². The highest BCUT2D eigenvalue weighted by Gasteiger charge is 2.10. The third-order valence-electron chi connectivity index (χ3n) is 3.25. The molecule has 0 unspecified atom stereocenters. The normalized spacial score (nSPS) is 11.9. The van der Waals surface area contributed by atoms with Crippen molar-refractivity contribution in [3.8, 4) is 0 Å². The molecule has 1 amide bonds. The number of aromatic nitrogens is 1. The Bertz CT molecular complexity index is 569. The smallest absolute Gasteiger partial charge is 0.230 e. The van der Waals surface area contributed by atoms with Gasteiger partial charge in [-0.1, -0.05) is 49.0 Å². The predicted molar refractivity (Wildman–Crippen MR) is 87.3 cm³/mol. The Balaban J connectivity index is 1.83. The summed E-state index contributed by atoms with van der Waals surface area (Å²) in [6.07, 6.45) is 2.76. The standard InChI is InChI=1S/C17H20N2OS/c1-3-14-7-9-15(10-8-14)13(2)19-16(20)12-21-17-6-4-5-11-18-17/h4-11,13H,3,12H2,1-2H3,(H,19,20)/t13-/m1/s1. The molecule has 1 heterocycles. The average molecular weight is 300 g/mol. The van der Waals surface area contributed by atoms with Crippen LogP contribution in [0.25, 0.3) is 0 Å². The fourth-order valence-electron chi connectivity index (χ4n) is 1.98. The number of nitrogens with zero attached hydrogens (tertiary/aromatic N) is 1. The Hall–Kier alpha value is -1.81. The van der Waals surface area contributed by atoms with E-state index in [9.17, 15) is 4.79 Å². The summed E-state index contributed by atoms with van der Waals surface area (Å²) in [5.41, 5.74) is 2.44. The molecule has 1 aromatic carbocycles. The first-order valence-electron chi connectivity index (χ1n) is 7.11. The Labute approximate surface area is 130 Å². The minimum atomic E-state index is 0.0211. The molecular weight excluding hydrogens is 280 g/mol.